The van der Waals surface area contributed by atoms with Crippen LogP contribution in [0.3, 0.4) is 0 Å². The Bertz CT molecular complexity index is 422. The van der Waals surface area contributed by atoms with Gasteiger partial charge in [0.15, 0.2) is 0 Å². The van der Waals surface area contributed by atoms with Gasteiger partial charge in [0.25, 0.3) is 0 Å². The molecule has 1 aromatic rings. The van der Waals surface area contributed by atoms with Crippen LogP contribution in [0.5, 0.6) is 11.5 Å². The standard InChI is InChI=1S/C16H23BrO3/c1-3-8-18-14-7-5-13(10-17)16(9-14)19-11-15-6-4-12(2)20-15/h5,7,9,12,15H,3-4,6,8,10-11H2,1-2H3. The molecule has 1 aliphatic rings. The molecular formula is C16H23BrO3. The first-order chi connectivity index (χ1) is 9.72. The fourth-order valence-electron chi connectivity index (χ4n) is 2.28. The highest BCUT2D eigenvalue weighted by Crippen LogP contribution is 2.28. The highest BCUT2D eigenvalue weighted by Gasteiger charge is 2.22. The molecule has 1 aliphatic heterocycles. The minimum absolute atomic E-state index is 0.216. The lowest BCUT2D eigenvalue weighted by atomic mass is 10.2. The third-order valence-electron chi connectivity index (χ3n) is 3.40. The molecule has 1 saturated heterocycles. The van der Waals surface area contributed by atoms with Gasteiger partial charge in [-0.2, -0.15) is 0 Å². The average Bonchev–Trinajstić information content (AvgIpc) is 2.88. The lowest BCUT2D eigenvalue weighted by Gasteiger charge is -2.16. The second-order valence-electron chi connectivity index (χ2n) is 5.21. The molecule has 0 radical (unpaired) electrons. The van der Waals surface area contributed by atoms with E-state index in [9.17, 15) is 0 Å². The molecule has 2 rings (SSSR count). The van der Waals surface area contributed by atoms with Crippen molar-refractivity contribution in [2.75, 3.05) is 13.2 Å². The maximum absolute atomic E-state index is 5.95. The van der Waals surface area contributed by atoms with Crippen LogP contribution >= 0.6 is 15.9 Å². The Morgan fingerprint density at radius 2 is 2.15 bits per heavy atom. The number of hydrogen-bond acceptors (Lipinski definition) is 3. The number of benzene rings is 1. The van der Waals surface area contributed by atoms with E-state index in [2.05, 4.69) is 29.8 Å². The molecular weight excluding hydrogens is 320 g/mol. The molecule has 1 heterocycles. The smallest absolute Gasteiger partial charge is 0.127 e. The van der Waals surface area contributed by atoms with Crippen molar-refractivity contribution in [1.82, 2.24) is 0 Å². The Morgan fingerprint density at radius 1 is 1.30 bits per heavy atom. The number of hydrogen-bond donors (Lipinski definition) is 0. The van der Waals surface area contributed by atoms with Gasteiger partial charge in [-0.25, -0.2) is 0 Å². The first-order valence-corrected chi connectivity index (χ1v) is 8.45. The molecule has 4 heteroatoms. The van der Waals surface area contributed by atoms with E-state index in [1.807, 2.05) is 18.2 Å². The molecule has 112 valence electrons. The third-order valence-corrected chi connectivity index (χ3v) is 4.00. The van der Waals surface area contributed by atoms with Crippen molar-refractivity contribution in [3.8, 4) is 11.5 Å². The van der Waals surface area contributed by atoms with Crippen LogP contribution in [-0.4, -0.2) is 25.4 Å². The maximum atomic E-state index is 5.95. The average molecular weight is 343 g/mol. The molecule has 0 aliphatic carbocycles. The van der Waals surface area contributed by atoms with E-state index < -0.39 is 0 Å². The molecule has 0 amide bonds. The van der Waals surface area contributed by atoms with Gasteiger partial charge in [-0.3, -0.25) is 0 Å². The maximum Gasteiger partial charge on any atom is 0.127 e. The van der Waals surface area contributed by atoms with Crippen LogP contribution < -0.4 is 9.47 Å². The molecule has 0 saturated carbocycles. The van der Waals surface area contributed by atoms with Crippen LogP contribution in [0.1, 0.15) is 38.7 Å². The van der Waals surface area contributed by atoms with Crippen molar-refractivity contribution in [3.63, 3.8) is 0 Å². The number of rotatable bonds is 7. The Labute approximate surface area is 129 Å². The van der Waals surface area contributed by atoms with Crippen molar-refractivity contribution in [2.24, 2.45) is 0 Å². The monoisotopic (exact) mass is 342 g/mol. The van der Waals surface area contributed by atoms with Gasteiger partial charge in [0.05, 0.1) is 18.8 Å². The SMILES string of the molecule is CCCOc1ccc(CBr)c(OCC2CCC(C)O2)c1. The lowest BCUT2D eigenvalue weighted by molar-refractivity contribution is 0.0262. The highest BCUT2D eigenvalue weighted by atomic mass is 79.9. The second kappa shape index (κ2) is 7.89. The summed E-state index contributed by atoms with van der Waals surface area (Å²) < 4.78 is 17.4. The lowest BCUT2D eigenvalue weighted by Crippen LogP contribution is -2.18. The molecule has 0 spiro atoms. The van der Waals surface area contributed by atoms with Crippen LogP contribution in [0.25, 0.3) is 0 Å². The number of halogens is 1. The van der Waals surface area contributed by atoms with E-state index in [1.165, 1.54) is 0 Å². The van der Waals surface area contributed by atoms with Crippen molar-refractivity contribution in [1.29, 1.82) is 0 Å². The first kappa shape index (κ1) is 15.6. The zero-order valence-electron chi connectivity index (χ0n) is 12.2. The van der Waals surface area contributed by atoms with Crippen molar-refractivity contribution in [3.05, 3.63) is 23.8 Å². The van der Waals surface area contributed by atoms with Gasteiger partial charge in [0, 0.05) is 17.0 Å². The predicted octanol–water partition coefficient (Wildman–Crippen LogP) is 4.32. The summed E-state index contributed by atoms with van der Waals surface area (Å²) in [6.45, 7) is 5.56. The van der Waals surface area contributed by atoms with Crippen molar-refractivity contribution < 1.29 is 14.2 Å². The van der Waals surface area contributed by atoms with E-state index in [4.69, 9.17) is 14.2 Å². The first-order valence-electron chi connectivity index (χ1n) is 7.33. The Kier molecular flexibility index (Phi) is 6.17. The summed E-state index contributed by atoms with van der Waals surface area (Å²) in [5.74, 6) is 1.76. The number of ether oxygens (including phenoxy) is 3. The van der Waals surface area contributed by atoms with Gasteiger partial charge in [0.2, 0.25) is 0 Å². The van der Waals surface area contributed by atoms with Crippen molar-refractivity contribution in [2.45, 2.75) is 50.6 Å². The fourth-order valence-corrected chi connectivity index (χ4v) is 2.74. The van der Waals surface area contributed by atoms with Crippen LogP contribution in [0, 0.1) is 0 Å². The van der Waals surface area contributed by atoms with Gasteiger partial charge in [-0.15, -0.1) is 0 Å². The topological polar surface area (TPSA) is 27.7 Å². The summed E-state index contributed by atoms with van der Waals surface area (Å²) in [6.07, 6.45) is 3.78. The van der Waals surface area contributed by atoms with Gasteiger partial charge in [-0.05, 0) is 32.3 Å². The quantitative estimate of drug-likeness (QED) is 0.690. The van der Waals surface area contributed by atoms with Crippen LogP contribution in [0.15, 0.2) is 18.2 Å². The number of alkyl halides is 1. The van der Waals surface area contributed by atoms with Crippen LogP contribution in [0.2, 0.25) is 0 Å². The Balaban J connectivity index is 1.96. The largest absolute Gasteiger partial charge is 0.493 e. The third kappa shape index (κ3) is 4.38. The summed E-state index contributed by atoms with van der Waals surface area (Å²) in [7, 11) is 0. The van der Waals surface area contributed by atoms with Gasteiger partial charge in [0.1, 0.15) is 18.1 Å². The van der Waals surface area contributed by atoms with E-state index in [-0.39, 0.29) is 6.10 Å². The molecule has 0 bridgehead atoms. The van der Waals surface area contributed by atoms with E-state index in [1.54, 1.807) is 0 Å². The Hall–Kier alpha value is -0.740. The van der Waals surface area contributed by atoms with E-state index in [0.29, 0.717) is 12.7 Å². The summed E-state index contributed by atoms with van der Waals surface area (Å²) in [5, 5.41) is 0.776. The normalized spacial score (nSPS) is 21.9. The summed E-state index contributed by atoms with van der Waals surface area (Å²) in [4.78, 5) is 0. The molecule has 3 nitrogen and oxygen atoms in total. The molecule has 20 heavy (non-hydrogen) atoms. The predicted molar refractivity (Wildman–Crippen MR) is 83.9 cm³/mol. The van der Waals surface area contributed by atoms with Crippen LogP contribution in [0.4, 0.5) is 0 Å². The van der Waals surface area contributed by atoms with Gasteiger partial charge < -0.3 is 14.2 Å². The van der Waals surface area contributed by atoms with Crippen molar-refractivity contribution >= 4 is 15.9 Å². The highest BCUT2D eigenvalue weighted by molar-refractivity contribution is 9.08. The molecule has 2 unspecified atom stereocenters. The molecule has 2 atom stereocenters. The Morgan fingerprint density at radius 3 is 2.80 bits per heavy atom. The van der Waals surface area contributed by atoms with Gasteiger partial charge >= 0.3 is 0 Å². The van der Waals surface area contributed by atoms with E-state index >= 15 is 0 Å². The second-order valence-corrected chi connectivity index (χ2v) is 5.77. The summed E-state index contributed by atoms with van der Waals surface area (Å²) >= 11 is 3.50. The zero-order chi connectivity index (χ0) is 14.4. The van der Waals surface area contributed by atoms with Gasteiger partial charge in [-0.1, -0.05) is 28.9 Å². The molecule has 1 aromatic carbocycles. The minimum atomic E-state index is 0.216. The summed E-state index contributed by atoms with van der Waals surface area (Å²) in [5.41, 5.74) is 1.14. The molecule has 0 N–H and O–H groups in total. The summed E-state index contributed by atoms with van der Waals surface area (Å²) in [6, 6.07) is 6.02. The molecule has 0 aromatic heterocycles. The molecule has 1 fully saturated rings. The fraction of sp³-hybridized carbons (Fsp3) is 0.625. The minimum Gasteiger partial charge on any atom is -0.493 e. The zero-order valence-corrected chi connectivity index (χ0v) is 13.8. The van der Waals surface area contributed by atoms with Crippen LogP contribution in [-0.2, 0) is 10.1 Å². The van der Waals surface area contributed by atoms with E-state index in [0.717, 1.165) is 48.3 Å².